The molecule has 0 unspecified atom stereocenters. The first-order valence-corrected chi connectivity index (χ1v) is 10.6. The zero-order chi connectivity index (χ0) is 24.0. The Bertz CT molecular complexity index is 1080. The Kier molecular flexibility index (Phi) is 7.71. The largest absolute Gasteiger partial charge is 0.493 e. The predicted molar refractivity (Wildman–Crippen MR) is 128 cm³/mol. The average Bonchev–Trinajstić information content (AvgIpc) is 2.82. The van der Waals surface area contributed by atoms with Crippen LogP contribution in [0.1, 0.15) is 29.8 Å². The minimum absolute atomic E-state index is 0.0143. The summed E-state index contributed by atoms with van der Waals surface area (Å²) in [6.45, 7) is 4.40. The number of nitrogens with one attached hydrogen (secondary N) is 1. The molecule has 33 heavy (non-hydrogen) atoms. The molecule has 0 atom stereocenters. The van der Waals surface area contributed by atoms with E-state index in [-0.39, 0.29) is 11.9 Å². The van der Waals surface area contributed by atoms with Crippen LogP contribution in [0, 0.1) is 0 Å². The Hall–Kier alpha value is -3.81. The molecular formula is C25H30N4O4. The summed E-state index contributed by atoms with van der Waals surface area (Å²) in [5, 5.41) is 2.93. The molecule has 8 nitrogen and oxygen atoms in total. The Morgan fingerprint density at radius 3 is 2.21 bits per heavy atom. The van der Waals surface area contributed by atoms with Crippen LogP contribution in [0.5, 0.6) is 17.2 Å². The van der Waals surface area contributed by atoms with Gasteiger partial charge in [0.1, 0.15) is 11.4 Å². The van der Waals surface area contributed by atoms with Crippen molar-refractivity contribution in [2.24, 2.45) is 0 Å². The quantitative estimate of drug-likeness (QED) is 0.528. The van der Waals surface area contributed by atoms with Crippen molar-refractivity contribution in [1.82, 2.24) is 15.3 Å². The molecule has 0 aliphatic rings. The van der Waals surface area contributed by atoms with Crippen LogP contribution in [0.25, 0.3) is 11.4 Å². The standard InChI is InChI=1S/C25H30N4O4/c1-16(2)27-25(30)19-14-26-23(18-12-20(31-4)22(33-6)21(13-18)32-5)28-24(19)29(3)15-17-10-8-7-9-11-17/h7-14,16H,15H2,1-6H3,(H,27,30). The number of benzene rings is 2. The van der Waals surface area contributed by atoms with E-state index in [4.69, 9.17) is 19.2 Å². The van der Waals surface area contributed by atoms with E-state index in [0.717, 1.165) is 5.56 Å². The molecule has 2 aromatic carbocycles. The monoisotopic (exact) mass is 450 g/mol. The Morgan fingerprint density at radius 1 is 1.03 bits per heavy atom. The molecule has 1 heterocycles. The van der Waals surface area contributed by atoms with Crippen LogP contribution in [0.2, 0.25) is 0 Å². The molecule has 0 fully saturated rings. The molecule has 1 aromatic heterocycles. The van der Waals surface area contributed by atoms with Crippen LogP contribution in [0.3, 0.4) is 0 Å². The van der Waals surface area contributed by atoms with E-state index in [1.165, 1.54) is 0 Å². The van der Waals surface area contributed by atoms with Gasteiger partial charge in [-0.1, -0.05) is 30.3 Å². The summed E-state index contributed by atoms with van der Waals surface area (Å²) in [7, 11) is 6.57. The van der Waals surface area contributed by atoms with Crippen LogP contribution >= 0.6 is 0 Å². The molecule has 0 saturated carbocycles. The number of aromatic nitrogens is 2. The highest BCUT2D eigenvalue weighted by atomic mass is 16.5. The maximum absolute atomic E-state index is 12.9. The molecule has 0 spiro atoms. The van der Waals surface area contributed by atoms with Gasteiger partial charge in [-0.3, -0.25) is 4.79 Å². The first kappa shape index (κ1) is 23.8. The number of rotatable bonds is 9. The minimum Gasteiger partial charge on any atom is -0.493 e. The van der Waals surface area contributed by atoms with E-state index in [0.29, 0.717) is 46.6 Å². The normalized spacial score (nSPS) is 10.6. The van der Waals surface area contributed by atoms with Crippen molar-refractivity contribution >= 4 is 11.7 Å². The van der Waals surface area contributed by atoms with Crippen molar-refractivity contribution in [1.29, 1.82) is 0 Å². The van der Waals surface area contributed by atoms with E-state index in [2.05, 4.69) is 10.3 Å². The number of amides is 1. The highest BCUT2D eigenvalue weighted by molar-refractivity contribution is 5.99. The summed E-state index contributed by atoms with van der Waals surface area (Å²) in [5.41, 5.74) is 2.18. The second-order valence-electron chi connectivity index (χ2n) is 7.81. The summed E-state index contributed by atoms with van der Waals surface area (Å²) in [5.74, 6) is 2.21. The number of carbonyl (C=O) groups is 1. The smallest absolute Gasteiger partial charge is 0.256 e. The number of nitrogens with zero attached hydrogens (tertiary/aromatic N) is 3. The molecule has 174 valence electrons. The van der Waals surface area contributed by atoms with Crippen molar-refractivity contribution in [2.75, 3.05) is 33.3 Å². The summed E-state index contributed by atoms with van der Waals surface area (Å²) in [6.07, 6.45) is 1.56. The van der Waals surface area contributed by atoms with Crippen LogP contribution in [0.15, 0.2) is 48.7 Å². The fourth-order valence-corrected chi connectivity index (χ4v) is 3.45. The Balaban J connectivity index is 2.09. The molecule has 8 heteroatoms. The molecule has 0 saturated heterocycles. The van der Waals surface area contributed by atoms with Crippen LogP contribution in [-0.4, -0.2) is 50.3 Å². The summed E-state index contributed by atoms with van der Waals surface area (Å²) < 4.78 is 16.3. The third kappa shape index (κ3) is 5.52. The van der Waals surface area contributed by atoms with Gasteiger partial charge in [0.15, 0.2) is 17.3 Å². The second kappa shape index (κ2) is 10.7. The number of hydrogen-bond donors (Lipinski definition) is 1. The third-order valence-corrected chi connectivity index (χ3v) is 4.98. The number of anilines is 1. The SMILES string of the molecule is COc1cc(-c2ncc(C(=O)NC(C)C)c(N(C)Cc3ccccc3)n2)cc(OC)c1OC. The zero-order valence-corrected chi connectivity index (χ0v) is 19.9. The summed E-state index contributed by atoms with van der Waals surface area (Å²) in [6, 6.07) is 13.6. The van der Waals surface area contributed by atoms with Gasteiger partial charge in [-0.25, -0.2) is 9.97 Å². The fraction of sp³-hybridized carbons (Fsp3) is 0.320. The first-order valence-electron chi connectivity index (χ1n) is 10.6. The third-order valence-electron chi connectivity index (χ3n) is 4.98. The van der Waals surface area contributed by atoms with E-state index < -0.39 is 0 Å². The Morgan fingerprint density at radius 2 is 1.67 bits per heavy atom. The second-order valence-corrected chi connectivity index (χ2v) is 7.81. The molecule has 3 rings (SSSR count). The molecule has 3 aromatic rings. The topological polar surface area (TPSA) is 85.8 Å². The van der Waals surface area contributed by atoms with Gasteiger partial charge in [0.25, 0.3) is 5.91 Å². The number of carbonyl (C=O) groups excluding carboxylic acids is 1. The highest BCUT2D eigenvalue weighted by Gasteiger charge is 2.21. The number of hydrogen-bond acceptors (Lipinski definition) is 7. The van der Waals surface area contributed by atoms with Crippen molar-refractivity contribution in [3.05, 3.63) is 59.8 Å². The van der Waals surface area contributed by atoms with Crippen molar-refractivity contribution < 1.29 is 19.0 Å². The first-order chi connectivity index (χ1) is 15.9. The molecular weight excluding hydrogens is 420 g/mol. The van der Waals surface area contributed by atoms with E-state index in [9.17, 15) is 4.79 Å². The maximum Gasteiger partial charge on any atom is 0.256 e. The maximum atomic E-state index is 12.9. The number of ether oxygens (including phenoxy) is 3. The van der Waals surface area contributed by atoms with Crippen molar-refractivity contribution in [3.8, 4) is 28.6 Å². The lowest BCUT2D eigenvalue weighted by molar-refractivity contribution is 0.0943. The van der Waals surface area contributed by atoms with Gasteiger partial charge in [0, 0.05) is 31.4 Å². The van der Waals surface area contributed by atoms with Crippen LogP contribution in [0.4, 0.5) is 5.82 Å². The average molecular weight is 451 g/mol. The van der Waals surface area contributed by atoms with Gasteiger partial charge in [-0.05, 0) is 31.5 Å². The minimum atomic E-state index is -0.226. The van der Waals surface area contributed by atoms with Gasteiger partial charge >= 0.3 is 0 Å². The van der Waals surface area contributed by atoms with E-state index in [1.54, 1.807) is 39.7 Å². The van der Waals surface area contributed by atoms with Crippen molar-refractivity contribution in [3.63, 3.8) is 0 Å². The molecule has 0 aliphatic heterocycles. The Labute approximate surface area is 194 Å². The lowest BCUT2D eigenvalue weighted by atomic mass is 10.1. The lowest BCUT2D eigenvalue weighted by Gasteiger charge is -2.22. The van der Waals surface area contributed by atoms with Crippen molar-refractivity contribution in [2.45, 2.75) is 26.4 Å². The molecule has 1 amide bonds. The van der Waals surface area contributed by atoms with Gasteiger partial charge in [0.05, 0.1) is 21.3 Å². The summed E-state index contributed by atoms with van der Waals surface area (Å²) in [4.78, 5) is 24.1. The predicted octanol–water partition coefficient (Wildman–Crippen LogP) is 3.94. The zero-order valence-electron chi connectivity index (χ0n) is 19.9. The van der Waals surface area contributed by atoms with Gasteiger partial charge in [-0.15, -0.1) is 0 Å². The van der Waals surface area contributed by atoms with Gasteiger partial charge in [-0.2, -0.15) is 0 Å². The molecule has 0 bridgehead atoms. The highest BCUT2D eigenvalue weighted by Crippen LogP contribution is 2.40. The van der Waals surface area contributed by atoms with Gasteiger partial charge < -0.3 is 24.4 Å². The number of methoxy groups -OCH3 is 3. The van der Waals surface area contributed by atoms with Crippen LogP contribution in [-0.2, 0) is 6.54 Å². The fourth-order valence-electron chi connectivity index (χ4n) is 3.45. The van der Waals surface area contributed by atoms with Crippen LogP contribution < -0.4 is 24.4 Å². The van der Waals surface area contributed by atoms with E-state index >= 15 is 0 Å². The molecule has 1 N–H and O–H groups in total. The van der Waals surface area contributed by atoms with Gasteiger partial charge in [0.2, 0.25) is 5.75 Å². The summed E-state index contributed by atoms with van der Waals surface area (Å²) >= 11 is 0. The van der Waals surface area contributed by atoms with E-state index in [1.807, 2.05) is 56.1 Å². The molecule has 0 radical (unpaired) electrons. The molecule has 0 aliphatic carbocycles. The lowest BCUT2D eigenvalue weighted by Crippen LogP contribution is -2.32.